The molecule has 5 atom stereocenters. The fraction of sp³-hybridized carbons (Fsp3) is 0.548. The molecule has 43 heavy (non-hydrogen) atoms. The van der Waals surface area contributed by atoms with Gasteiger partial charge in [0, 0.05) is 25.6 Å². The molecule has 0 aliphatic carbocycles. The lowest BCUT2D eigenvalue weighted by Gasteiger charge is -2.35. The van der Waals surface area contributed by atoms with Crippen molar-refractivity contribution in [3.8, 4) is 11.8 Å². The van der Waals surface area contributed by atoms with Crippen LogP contribution in [0.25, 0.3) is 0 Å². The Hall–Kier alpha value is -3.21. The maximum absolute atomic E-state index is 14.0. The summed E-state index contributed by atoms with van der Waals surface area (Å²) in [6.45, 7) is 4.25. The van der Waals surface area contributed by atoms with Gasteiger partial charge in [-0.15, -0.1) is 0 Å². The number of aliphatic hydroxyl groups excluding tert-OH is 1. The number of carbonyl (C=O) groups is 1. The van der Waals surface area contributed by atoms with Crippen LogP contribution in [0.2, 0.25) is 0 Å². The summed E-state index contributed by atoms with van der Waals surface area (Å²) in [5.74, 6) is 0.324. The molecule has 0 spiro atoms. The summed E-state index contributed by atoms with van der Waals surface area (Å²) in [4.78, 5) is 13.1. The number of methoxy groups -OCH3 is 1. The first-order chi connectivity index (χ1) is 20.5. The minimum absolute atomic E-state index is 0.0108. The number of hydrogen-bond donors (Lipinski definition) is 2. The highest BCUT2D eigenvalue weighted by Crippen LogP contribution is 2.33. The number of nitrogens with zero attached hydrogens (tertiary/aromatic N) is 2. The van der Waals surface area contributed by atoms with Gasteiger partial charge >= 0.3 is 6.09 Å². The topological polar surface area (TPSA) is 147 Å². The molecule has 2 fully saturated rings. The molecule has 0 unspecified atom stereocenters. The van der Waals surface area contributed by atoms with Crippen LogP contribution in [0.5, 0.6) is 5.75 Å². The predicted octanol–water partition coefficient (Wildman–Crippen LogP) is 3.48. The predicted molar refractivity (Wildman–Crippen MR) is 158 cm³/mol. The van der Waals surface area contributed by atoms with Crippen molar-refractivity contribution < 1.29 is 37.3 Å². The van der Waals surface area contributed by atoms with Crippen molar-refractivity contribution in [3.05, 3.63) is 60.2 Å². The van der Waals surface area contributed by atoms with E-state index in [1.54, 1.807) is 12.1 Å². The maximum atomic E-state index is 14.0. The average Bonchev–Trinajstić information content (AvgIpc) is 3.61. The van der Waals surface area contributed by atoms with Crippen LogP contribution in [0.1, 0.15) is 38.7 Å². The zero-order chi connectivity index (χ0) is 31.0. The molecule has 0 bridgehead atoms. The highest BCUT2D eigenvalue weighted by molar-refractivity contribution is 7.89. The van der Waals surface area contributed by atoms with Crippen molar-refractivity contribution in [2.45, 2.75) is 69.0 Å². The molecule has 1 amide bonds. The van der Waals surface area contributed by atoms with Crippen LogP contribution < -0.4 is 10.1 Å². The summed E-state index contributed by atoms with van der Waals surface area (Å²) in [5.41, 5.74) is 0.266. The molecular formula is C31H41N3O8S. The quantitative estimate of drug-likeness (QED) is 0.326. The fourth-order valence-corrected chi connectivity index (χ4v) is 7.15. The number of aliphatic hydroxyl groups is 1. The van der Waals surface area contributed by atoms with Crippen molar-refractivity contribution in [1.29, 1.82) is 5.26 Å². The number of nitriles is 1. The number of fused-ring (bicyclic) bond motifs is 1. The molecule has 2 N–H and O–H groups in total. The monoisotopic (exact) mass is 615 g/mol. The molecular weight excluding hydrogens is 574 g/mol. The molecule has 0 aromatic heterocycles. The van der Waals surface area contributed by atoms with Gasteiger partial charge in [0.05, 0.1) is 49.4 Å². The molecule has 12 heteroatoms. The highest BCUT2D eigenvalue weighted by Gasteiger charge is 2.44. The molecule has 2 aliphatic heterocycles. The van der Waals surface area contributed by atoms with Crippen molar-refractivity contribution in [2.24, 2.45) is 11.3 Å². The molecule has 2 saturated heterocycles. The minimum atomic E-state index is -4.11. The molecule has 2 heterocycles. The van der Waals surface area contributed by atoms with Gasteiger partial charge in [0.15, 0.2) is 6.29 Å². The Bertz CT molecular complexity index is 1360. The molecule has 4 rings (SSSR count). The second-order valence-electron chi connectivity index (χ2n) is 11.8. The summed E-state index contributed by atoms with van der Waals surface area (Å²) >= 11 is 0. The lowest BCUT2D eigenvalue weighted by atomic mass is 9.88. The Morgan fingerprint density at radius 2 is 1.98 bits per heavy atom. The van der Waals surface area contributed by atoms with E-state index in [2.05, 4.69) is 11.4 Å². The van der Waals surface area contributed by atoms with E-state index in [0.717, 1.165) is 12.0 Å². The van der Waals surface area contributed by atoms with Gasteiger partial charge in [-0.05, 0) is 42.4 Å². The number of carbonyl (C=O) groups excluding carboxylic acids is 1. The van der Waals surface area contributed by atoms with E-state index in [0.29, 0.717) is 18.8 Å². The number of alkyl carbamates (subject to hydrolysis) is 1. The largest absolute Gasteiger partial charge is 0.497 e. The Morgan fingerprint density at radius 1 is 1.21 bits per heavy atom. The minimum Gasteiger partial charge on any atom is -0.497 e. The van der Waals surface area contributed by atoms with E-state index in [-0.39, 0.29) is 49.6 Å². The normalized spacial score (nSPS) is 21.5. The average molecular weight is 616 g/mol. The number of ether oxygens (including phenoxy) is 4. The Morgan fingerprint density at radius 3 is 2.70 bits per heavy atom. The van der Waals surface area contributed by atoms with Gasteiger partial charge in [-0.25, -0.2) is 13.2 Å². The first-order valence-corrected chi connectivity index (χ1v) is 15.9. The number of amides is 1. The number of hydrogen-bond acceptors (Lipinski definition) is 9. The van der Waals surface area contributed by atoms with Crippen LogP contribution in [-0.4, -0.2) is 81.9 Å². The van der Waals surface area contributed by atoms with Crippen LogP contribution in [0.3, 0.4) is 0 Å². The lowest BCUT2D eigenvalue weighted by Crippen LogP contribution is -2.52. The summed E-state index contributed by atoms with van der Waals surface area (Å²) in [5, 5.41) is 23.5. The maximum Gasteiger partial charge on any atom is 0.407 e. The van der Waals surface area contributed by atoms with E-state index in [1.807, 2.05) is 44.2 Å². The van der Waals surface area contributed by atoms with Crippen molar-refractivity contribution in [1.82, 2.24) is 9.62 Å². The van der Waals surface area contributed by atoms with Gasteiger partial charge in [0.1, 0.15) is 11.9 Å². The molecule has 11 nitrogen and oxygen atoms in total. The number of sulfonamides is 1. The van der Waals surface area contributed by atoms with Crippen molar-refractivity contribution in [3.63, 3.8) is 0 Å². The highest BCUT2D eigenvalue weighted by atomic mass is 32.2. The first kappa shape index (κ1) is 32.7. The summed E-state index contributed by atoms with van der Waals surface area (Å²) in [6, 6.07) is 16.7. The summed E-state index contributed by atoms with van der Waals surface area (Å²) in [6.07, 6.45) is -1.23. The molecule has 2 aromatic carbocycles. The third kappa shape index (κ3) is 8.68. The Labute approximate surface area is 253 Å². The van der Waals surface area contributed by atoms with Crippen LogP contribution in [0.4, 0.5) is 4.79 Å². The summed E-state index contributed by atoms with van der Waals surface area (Å²) in [7, 11) is -2.66. The van der Waals surface area contributed by atoms with Crippen LogP contribution in [-0.2, 0) is 30.7 Å². The van der Waals surface area contributed by atoms with Crippen LogP contribution in [0, 0.1) is 22.7 Å². The third-order valence-electron chi connectivity index (χ3n) is 7.90. The van der Waals surface area contributed by atoms with Gasteiger partial charge in [-0.2, -0.15) is 9.57 Å². The molecule has 0 saturated carbocycles. The number of rotatable bonds is 14. The summed E-state index contributed by atoms with van der Waals surface area (Å²) < 4.78 is 51.2. The second kappa shape index (κ2) is 14.5. The van der Waals surface area contributed by atoms with Crippen LogP contribution in [0.15, 0.2) is 59.5 Å². The SMILES string of the molecule is COc1cccc(S(=O)(=O)N(C[C@@H](O)[C@H](Cc2ccccc2)NC(=O)O[C@@H]2CO[C@H]3OCC[C@H]32)CC(C)(C)CCC#N)c1. The second-order valence-corrected chi connectivity index (χ2v) is 13.7. The van der Waals surface area contributed by atoms with E-state index >= 15 is 0 Å². The zero-order valence-corrected chi connectivity index (χ0v) is 25.7. The Kier molecular flexibility index (Phi) is 11.0. The lowest BCUT2D eigenvalue weighted by molar-refractivity contribution is -0.0907. The van der Waals surface area contributed by atoms with Crippen LogP contribution >= 0.6 is 0 Å². The van der Waals surface area contributed by atoms with Gasteiger partial charge in [-0.3, -0.25) is 0 Å². The fourth-order valence-electron chi connectivity index (χ4n) is 5.47. The van der Waals surface area contributed by atoms with Gasteiger partial charge in [0.2, 0.25) is 10.0 Å². The van der Waals surface area contributed by atoms with Gasteiger partial charge in [0.25, 0.3) is 0 Å². The smallest absolute Gasteiger partial charge is 0.407 e. The molecule has 234 valence electrons. The van der Waals surface area contributed by atoms with Gasteiger partial charge in [-0.1, -0.05) is 50.2 Å². The molecule has 2 aliphatic rings. The zero-order valence-electron chi connectivity index (χ0n) is 24.8. The standard InChI is InChI=1S/C31H41N3O8S/c1-31(2,14-8-15-32)21-34(43(37,38)24-12-7-11-23(18-24)39-3)19-27(35)26(17-22-9-5-4-6-10-22)33-30(36)42-28-20-41-29-25(28)13-16-40-29/h4-7,9-12,18,25-29,35H,8,13-14,16-17,19-21H2,1-3H3,(H,33,36)/t25-,26-,27+,28+,29+/m0/s1. The molecule has 0 radical (unpaired) electrons. The number of benzene rings is 2. The van der Waals surface area contributed by atoms with Crippen molar-refractivity contribution >= 4 is 16.1 Å². The van der Waals surface area contributed by atoms with E-state index in [9.17, 15) is 18.3 Å². The van der Waals surface area contributed by atoms with Gasteiger partial charge < -0.3 is 29.4 Å². The van der Waals surface area contributed by atoms with Crippen molar-refractivity contribution in [2.75, 3.05) is 33.4 Å². The van der Waals surface area contributed by atoms with E-state index < -0.39 is 39.8 Å². The Balaban J connectivity index is 1.57. The molecule has 2 aromatic rings. The first-order valence-electron chi connectivity index (χ1n) is 14.5. The number of nitrogens with one attached hydrogen (secondary N) is 1. The third-order valence-corrected chi connectivity index (χ3v) is 9.71. The van der Waals surface area contributed by atoms with E-state index in [4.69, 9.17) is 24.2 Å². The van der Waals surface area contributed by atoms with E-state index in [1.165, 1.54) is 23.5 Å².